The summed E-state index contributed by atoms with van der Waals surface area (Å²) in [6, 6.07) is 8.08. The standard InChI is InChI=1S/C19H20F3N3O2/c1-13-10-15(6-7-17(13)27-16-5-2-8-23-11-16)24-18(26)25-9-3-4-14(12-25)19(20,21)22/h2,5-8,10-11,14H,3-4,9,12H2,1H3,(H,24,26). The number of hydrogen-bond acceptors (Lipinski definition) is 3. The molecule has 0 bridgehead atoms. The lowest BCUT2D eigenvalue weighted by Gasteiger charge is -2.33. The van der Waals surface area contributed by atoms with Gasteiger partial charge in [0.05, 0.1) is 12.1 Å². The van der Waals surface area contributed by atoms with E-state index in [1.54, 1.807) is 42.7 Å². The predicted molar refractivity (Wildman–Crippen MR) is 94.9 cm³/mol. The van der Waals surface area contributed by atoms with E-state index in [1.165, 1.54) is 4.90 Å². The summed E-state index contributed by atoms with van der Waals surface area (Å²) in [5.74, 6) is -0.269. The molecule has 0 spiro atoms. The van der Waals surface area contributed by atoms with E-state index in [2.05, 4.69) is 10.3 Å². The molecule has 3 rings (SSSR count). The summed E-state index contributed by atoms with van der Waals surface area (Å²) in [7, 11) is 0. The monoisotopic (exact) mass is 379 g/mol. The van der Waals surface area contributed by atoms with Crippen LogP contribution in [0.5, 0.6) is 11.5 Å². The Morgan fingerprint density at radius 1 is 1.33 bits per heavy atom. The quantitative estimate of drug-likeness (QED) is 0.818. The van der Waals surface area contributed by atoms with Gasteiger partial charge in [-0.3, -0.25) is 4.98 Å². The number of ether oxygens (including phenoxy) is 1. The van der Waals surface area contributed by atoms with E-state index >= 15 is 0 Å². The van der Waals surface area contributed by atoms with Crippen molar-refractivity contribution in [3.05, 3.63) is 48.3 Å². The van der Waals surface area contributed by atoms with Crippen LogP contribution < -0.4 is 10.1 Å². The summed E-state index contributed by atoms with van der Waals surface area (Å²) >= 11 is 0. The molecular formula is C19H20F3N3O2. The van der Waals surface area contributed by atoms with E-state index < -0.39 is 18.1 Å². The second-order valence-corrected chi connectivity index (χ2v) is 6.53. The third kappa shape index (κ3) is 4.90. The van der Waals surface area contributed by atoms with Crippen LogP contribution in [0.15, 0.2) is 42.7 Å². The number of hydrogen-bond donors (Lipinski definition) is 1. The van der Waals surface area contributed by atoms with E-state index in [0.29, 0.717) is 30.2 Å². The highest BCUT2D eigenvalue weighted by molar-refractivity contribution is 5.89. The molecular weight excluding hydrogens is 359 g/mol. The number of halogens is 3. The molecule has 1 aliphatic heterocycles. The lowest BCUT2D eigenvalue weighted by molar-refractivity contribution is -0.183. The van der Waals surface area contributed by atoms with Crippen molar-refractivity contribution >= 4 is 11.7 Å². The van der Waals surface area contributed by atoms with Crippen molar-refractivity contribution in [2.24, 2.45) is 5.92 Å². The summed E-state index contributed by atoms with van der Waals surface area (Å²) in [6.45, 7) is 1.83. The number of aryl methyl sites for hydroxylation is 1. The van der Waals surface area contributed by atoms with E-state index in [0.717, 1.165) is 5.56 Å². The normalized spacial score (nSPS) is 17.5. The van der Waals surface area contributed by atoms with E-state index in [9.17, 15) is 18.0 Å². The van der Waals surface area contributed by atoms with Crippen molar-refractivity contribution in [1.29, 1.82) is 0 Å². The van der Waals surface area contributed by atoms with Crippen LogP contribution in [-0.4, -0.2) is 35.2 Å². The van der Waals surface area contributed by atoms with Crippen molar-refractivity contribution in [1.82, 2.24) is 9.88 Å². The number of benzene rings is 1. The number of carbonyl (C=O) groups excluding carboxylic acids is 1. The van der Waals surface area contributed by atoms with E-state index in [-0.39, 0.29) is 13.0 Å². The number of anilines is 1. The Morgan fingerprint density at radius 2 is 2.15 bits per heavy atom. The van der Waals surface area contributed by atoms with Crippen molar-refractivity contribution in [3.63, 3.8) is 0 Å². The first-order chi connectivity index (χ1) is 12.8. The zero-order chi connectivity index (χ0) is 19.4. The van der Waals surface area contributed by atoms with Gasteiger partial charge in [-0.15, -0.1) is 0 Å². The van der Waals surface area contributed by atoms with Gasteiger partial charge < -0.3 is 15.0 Å². The molecule has 2 aromatic rings. The van der Waals surface area contributed by atoms with Crippen molar-refractivity contribution in [2.75, 3.05) is 18.4 Å². The van der Waals surface area contributed by atoms with Gasteiger partial charge in [-0.1, -0.05) is 0 Å². The highest BCUT2D eigenvalue weighted by Crippen LogP contribution is 2.33. The molecule has 5 nitrogen and oxygen atoms in total. The van der Waals surface area contributed by atoms with Gasteiger partial charge in [-0.2, -0.15) is 13.2 Å². The number of pyridine rings is 1. The molecule has 1 aromatic heterocycles. The second-order valence-electron chi connectivity index (χ2n) is 6.53. The number of alkyl halides is 3. The minimum Gasteiger partial charge on any atom is -0.455 e. The van der Waals surface area contributed by atoms with Crippen LogP contribution in [0.4, 0.5) is 23.7 Å². The van der Waals surface area contributed by atoms with Gasteiger partial charge in [0.15, 0.2) is 0 Å². The number of aromatic nitrogens is 1. The average molecular weight is 379 g/mol. The van der Waals surface area contributed by atoms with Crippen LogP contribution in [0.3, 0.4) is 0 Å². The summed E-state index contributed by atoms with van der Waals surface area (Å²) in [4.78, 5) is 17.5. The maximum Gasteiger partial charge on any atom is 0.393 e. The molecule has 1 saturated heterocycles. The Labute approximate surface area is 155 Å². The molecule has 1 aliphatic rings. The Balaban J connectivity index is 1.63. The fourth-order valence-electron chi connectivity index (χ4n) is 3.01. The van der Waals surface area contributed by atoms with Crippen molar-refractivity contribution in [2.45, 2.75) is 25.9 Å². The number of amides is 2. The molecule has 0 saturated carbocycles. The molecule has 2 heterocycles. The minimum absolute atomic E-state index is 0.0623. The SMILES string of the molecule is Cc1cc(NC(=O)N2CCCC(C(F)(F)F)C2)ccc1Oc1cccnc1. The smallest absolute Gasteiger partial charge is 0.393 e. The number of piperidine rings is 1. The second kappa shape index (κ2) is 7.85. The van der Waals surface area contributed by atoms with Crippen molar-refractivity contribution in [3.8, 4) is 11.5 Å². The maximum absolute atomic E-state index is 12.9. The highest BCUT2D eigenvalue weighted by Gasteiger charge is 2.42. The van der Waals surface area contributed by atoms with Gasteiger partial charge in [0.2, 0.25) is 0 Å². The van der Waals surface area contributed by atoms with Crippen LogP contribution in [0.2, 0.25) is 0 Å². The number of nitrogens with one attached hydrogen (secondary N) is 1. The van der Waals surface area contributed by atoms with E-state index in [4.69, 9.17) is 4.74 Å². The molecule has 1 fully saturated rings. The number of likely N-dealkylation sites (tertiary alicyclic amines) is 1. The summed E-state index contributed by atoms with van der Waals surface area (Å²) in [5.41, 5.74) is 1.29. The summed E-state index contributed by atoms with van der Waals surface area (Å²) < 4.78 is 44.4. The molecule has 8 heteroatoms. The first-order valence-electron chi connectivity index (χ1n) is 8.64. The molecule has 1 atom stereocenters. The van der Waals surface area contributed by atoms with Crippen LogP contribution in [0, 0.1) is 12.8 Å². The zero-order valence-corrected chi connectivity index (χ0v) is 14.8. The van der Waals surface area contributed by atoms with Gasteiger partial charge in [-0.05, 0) is 55.7 Å². The molecule has 0 aliphatic carbocycles. The Morgan fingerprint density at radius 3 is 2.81 bits per heavy atom. The zero-order valence-electron chi connectivity index (χ0n) is 14.8. The summed E-state index contributed by atoms with van der Waals surface area (Å²) in [5, 5.41) is 2.67. The lowest BCUT2D eigenvalue weighted by Crippen LogP contribution is -2.46. The van der Waals surface area contributed by atoms with Crippen LogP contribution in [0.25, 0.3) is 0 Å². The average Bonchev–Trinajstić information content (AvgIpc) is 2.64. The highest BCUT2D eigenvalue weighted by atomic mass is 19.4. The molecule has 1 aromatic carbocycles. The third-order valence-electron chi connectivity index (χ3n) is 4.46. The number of urea groups is 1. The Kier molecular flexibility index (Phi) is 5.53. The number of rotatable bonds is 3. The fraction of sp³-hybridized carbons (Fsp3) is 0.368. The third-order valence-corrected chi connectivity index (χ3v) is 4.46. The van der Waals surface area contributed by atoms with Gasteiger partial charge in [0.25, 0.3) is 0 Å². The maximum atomic E-state index is 12.9. The van der Waals surface area contributed by atoms with Gasteiger partial charge in [0.1, 0.15) is 11.5 Å². The Bertz CT molecular complexity index is 797. The molecule has 0 radical (unpaired) electrons. The van der Waals surface area contributed by atoms with Crippen molar-refractivity contribution < 1.29 is 22.7 Å². The van der Waals surface area contributed by atoms with Gasteiger partial charge >= 0.3 is 12.2 Å². The van der Waals surface area contributed by atoms with Crippen LogP contribution in [0.1, 0.15) is 18.4 Å². The topological polar surface area (TPSA) is 54.5 Å². The fourth-order valence-corrected chi connectivity index (χ4v) is 3.01. The van der Waals surface area contributed by atoms with Crippen LogP contribution >= 0.6 is 0 Å². The molecule has 27 heavy (non-hydrogen) atoms. The first-order valence-corrected chi connectivity index (χ1v) is 8.64. The van der Waals surface area contributed by atoms with E-state index in [1.807, 2.05) is 6.92 Å². The summed E-state index contributed by atoms with van der Waals surface area (Å²) in [6.07, 6.45) is -0.646. The predicted octanol–water partition coefficient (Wildman–Crippen LogP) is 4.99. The van der Waals surface area contributed by atoms with Crippen LogP contribution in [-0.2, 0) is 0 Å². The molecule has 1 N–H and O–H groups in total. The van der Waals surface area contributed by atoms with Gasteiger partial charge in [0, 0.05) is 25.0 Å². The molecule has 2 amide bonds. The first kappa shape index (κ1) is 19.0. The lowest BCUT2D eigenvalue weighted by atomic mass is 9.98. The minimum atomic E-state index is -4.28. The Hall–Kier alpha value is -2.77. The molecule has 1 unspecified atom stereocenters. The van der Waals surface area contributed by atoms with Gasteiger partial charge in [-0.25, -0.2) is 4.79 Å². The molecule has 144 valence electrons. The largest absolute Gasteiger partial charge is 0.455 e. The number of carbonyl (C=O) groups is 1. The number of nitrogens with zero attached hydrogens (tertiary/aromatic N) is 2.